The third kappa shape index (κ3) is 2.44. The molecule has 1 atom stereocenters. The van der Waals surface area contributed by atoms with Crippen LogP contribution in [0.3, 0.4) is 0 Å². The quantitative estimate of drug-likeness (QED) is 0.918. The van der Waals surface area contributed by atoms with E-state index in [9.17, 15) is 9.18 Å². The van der Waals surface area contributed by atoms with Crippen molar-refractivity contribution >= 4 is 5.91 Å². The fourth-order valence-electron chi connectivity index (χ4n) is 3.13. The first-order valence-corrected chi connectivity index (χ1v) is 7.37. The molecule has 1 amide bonds. The van der Waals surface area contributed by atoms with Crippen LogP contribution in [0, 0.1) is 5.82 Å². The van der Waals surface area contributed by atoms with Gasteiger partial charge in [0.25, 0.3) is 0 Å². The SMILES string of the molecule is O=C(NCC1CCCO1)C1(c2ccc(F)cc2)CCC1. The summed E-state index contributed by atoms with van der Waals surface area (Å²) in [5.41, 5.74) is 0.474. The minimum absolute atomic E-state index is 0.0610. The predicted molar refractivity (Wildman–Crippen MR) is 73.9 cm³/mol. The van der Waals surface area contributed by atoms with Gasteiger partial charge in [0.05, 0.1) is 11.5 Å². The Labute approximate surface area is 118 Å². The second-order valence-corrected chi connectivity index (χ2v) is 5.79. The normalized spacial score (nSPS) is 24.1. The summed E-state index contributed by atoms with van der Waals surface area (Å²) in [4.78, 5) is 12.5. The van der Waals surface area contributed by atoms with E-state index in [0.717, 1.165) is 44.3 Å². The number of amides is 1. The lowest BCUT2D eigenvalue weighted by atomic mass is 9.64. The first-order valence-electron chi connectivity index (χ1n) is 7.37. The van der Waals surface area contributed by atoms with Gasteiger partial charge in [0.1, 0.15) is 5.82 Å². The van der Waals surface area contributed by atoms with E-state index in [2.05, 4.69) is 5.32 Å². The number of nitrogens with one attached hydrogen (secondary N) is 1. The zero-order valence-electron chi connectivity index (χ0n) is 11.5. The van der Waals surface area contributed by atoms with Crippen LogP contribution in [0.15, 0.2) is 24.3 Å². The van der Waals surface area contributed by atoms with Crippen molar-refractivity contribution in [2.45, 2.75) is 43.6 Å². The van der Waals surface area contributed by atoms with E-state index in [1.807, 2.05) is 0 Å². The third-order valence-electron chi connectivity index (χ3n) is 4.55. The molecule has 1 aromatic carbocycles. The minimum atomic E-state index is -0.452. The monoisotopic (exact) mass is 277 g/mol. The molecule has 1 aliphatic heterocycles. The molecule has 3 nitrogen and oxygen atoms in total. The zero-order valence-corrected chi connectivity index (χ0v) is 11.5. The smallest absolute Gasteiger partial charge is 0.230 e. The van der Waals surface area contributed by atoms with Crippen LogP contribution >= 0.6 is 0 Å². The Kier molecular flexibility index (Phi) is 3.74. The number of carbonyl (C=O) groups excluding carboxylic acids is 1. The molecular formula is C16H20FNO2. The van der Waals surface area contributed by atoms with Gasteiger partial charge in [-0.05, 0) is 43.4 Å². The van der Waals surface area contributed by atoms with E-state index in [1.165, 1.54) is 12.1 Å². The van der Waals surface area contributed by atoms with Crippen molar-refractivity contribution in [3.8, 4) is 0 Å². The fraction of sp³-hybridized carbons (Fsp3) is 0.562. The van der Waals surface area contributed by atoms with E-state index in [0.29, 0.717) is 6.54 Å². The molecule has 1 saturated carbocycles. The Bertz CT molecular complexity index is 476. The summed E-state index contributed by atoms with van der Waals surface area (Å²) in [5.74, 6) is -0.200. The van der Waals surface area contributed by atoms with Crippen molar-refractivity contribution in [1.29, 1.82) is 0 Å². The highest BCUT2D eigenvalue weighted by atomic mass is 19.1. The van der Waals surface area contributed by atoms with Crippen LogP contribution in [0.5, 0.6) is 0 Å². The van der Waals surface area contributed by atoms with Crippen molar-refractivity contribution in [3.63, 3.8) is 0 Å². The van der Waals surface area contributed by atoms with Gasteiger partial charge in [-0.3, -0.25) is 4.79 Å². The molecule has 20 heavy (non-hydrogen) atoms. The first-order chi connectivity index (χ1) is 9.71. The number of halogens is 1. The standard InChI is InChI=1S/C16H20FNO2/c17-13-6-4-12(5-7-13)16(8-2-9-16)15(19)18-11-14-3-1-10-20-14/h4-7,14H,1-3,8-11H2,(H,18,19). The highest BCUT2D eigenvalue weighted by Gasteiger charge is 2.45. The van der Waals surface area contributed by atoms with Crippen LogP contribution < -0.4 is 5.32 Å². The van der Waals surface area contributed by atoms with E-state index < -0.39 is 5.41 Å². The largest absolute Gasteiger partial charge is 0.376 e. The summed E-state index contributed by atoms with van der Waals surface area (Å²) in [5, 5.41) is 3.02. The number of rotatable bonds is 4. The summed E-state index contributed by atoms with van der Waals surface area (Å²) in [7, 11) is 0. The van der Waals surface area contributed by atoms with Crippen LogP contribution in [-0.4, -0.2) is 25.2 Å². The van der Waals surface area contributed by atoms with Crippen molar-refractivity contribution in [2.75, 3.05) is 13.2 Å². The maximum atomic E-state index is 13.0. The summed E-state index contributed by atoms with van der Waals surface area (Å²) >= 11 is 0. The molecule has 1 unspecified atom stereocenters. The van der Waals surface area contributed by atoms with E-state index in [4.69, 9.17) is 4.74 Å². The van der Waals surface area contributed by atoms with E-state index in [1.54, 1.807) is 12.1 Å². The van der Waals surface area contributed by atoms with Crippen LogP contribution in [0.2, 0.25) is 0 Å². The molecule has 3 rings (SSSR count). The molecule has 0 spiro atoms. The Morgan fingerprint density at radius 2 is 2.05 bits per heavy atom. The van der Waals surface area contributed by atoms with E-state index in [-0.39, 0.29) is 17.8 Å². The average molecular weight is 277 g/mol. The third-order valence-corrected chi connectivity index (χ3v) is 4.55. The molecule has 1 heterocycles. The predicted octanol–water partition coefficient (Wildman–Crippen LogP) is 2.54. The topological polar surface area (TPSA) is 38.3 Å². The summed E-state index contributed by atoms with van der Waals surface area (Å²) < 4.78 is 18.6. The second-order valence-electron chi connectivity index (χ2n) is 5.79. The Balaban J connectivity index is 1.68. The number of carbonyl (C=O) groups is 1. The number of ether oxygens (including phenoxy) is 1. The highest BCUT2D eigenvalue weighted by molar-refractivity contribution is 5.89. The molecule has 0 bridgehead atoms. The van der Waals surface area contributed by atoms with Gasteiger partial charge in [0.15, 0.2) is 0 Å². The average Bonchev–Trinajstić information content (AvgIpc) is 2.90. The van der Waals surface area contributed by atoms with Crippen molar-refractivity contribution in [1.82, 2.24) is 5.32 Å². The van der Waals surface area contributed by atoms with Crippen LogP contribution in [0.25, 0.3) is 0 Å². The molecule has 2 aliphatic rings. The molecule has 4 heteroatoms. The lowest BCUT2D eigenvalue weighted by Crippen LogP contribution is -2.50. The van der Waals surface area contributed by atoms with Gasteiger partial charge in [0, 0.05) is 13.2 Å². The molecule has 0 aromatic heterocycles. The van der Waals surface area contributed by atoms with E-state index >= 15 is 0 Å². The summed E-state index contributed by atoms with van der Waals surface area (Å²) in [6.45, 7) is 1.38. The molecule has 1 N–H and O–H groups in total. The molecule has 2 fully saturated rings. The lowest BCUT2D eigenvalue weighted by Gasteiger charge is -2.41. The second kappa shape index (κ2) is 5.52. The lowest BCUT2D eigenvalue weighted by molar-refractivity contribution is -0.130. The molecule has 1 saturated heterocycles. The van der Waals surface area contributed by atoms with Gasteiger partial charge >= 0.3 is 0 Å². The van der Waals surface area contributed by atoms with Gasteiger partial charge < -0.3 is 10.1 Å². The number of hydrogen-bond acceptors (Lipinski definition) is 2. The molecule has 108 valence electrons. The van der Waals surface area contributed by atoms with Crippen LogP contribution in [-0.2, 0) is 14.9 Å². The molecule has 1 aliphatic carbocycles. The van der Waals surface area contributed by atoms with Crippen LogP contribution in [0.4, 0.5) is 4.39 Å². The fourth-order valence-corrected chi connectivity index (χ4v) is 3.13. The van der Waals surface area contributed by atoms with Gasteiger partial charge in [-0.2, -0.15) is 0 Å². The van der Waals surface area contributed by atoms with Gasteiger partial charge in [0.2, 0.25) is 5.91 Å². The van der Waals surface area contributed by atoms with Gasteiger partial charge in [-0.15, -0.1) is 0 Å². The highest BCUT2D eigenvalue weighted by Crippen LogP contribution is 2.44. The summed E-state index contributed by atoms with van der Waals surface area (Å²) in [6, 6.07) is 6.34. The maximum absolute atomic E-state index is 13.0. The van der Waals surface area contributed by atoms with Gasteiger partial charge in [-0.25, -0.2) is 4.39 Å². The number of benzene rings is 1. The minimum Gasteiger partial charge on any atom is -0.376 e. The number of hydrogen-bond donors (Lipinski definition) is 1. The maximum Gasteiger partial charge on any atom is 0.230 e. The first kappa shape index (κ1) is 13.6. The van der Waals surface area contributed by atoms with Crippen molar-refractivity contribution in [3.05, 3.63) is 35.6 Å². The van der Waals surface area contributed by atoms with Crippen LogP contribution in [0.1, 0.15) is 37.7 Å². The molecule has 1 aromatic rings. The zero-order chi connectivity index (χ0) is 14.0. The van der Waals surface area contributed by atoms with Crippen molar-refractivity contribution < 1.29 is 13.9 Å². The Morgan fingerprint density at radius 3 is 2.60 bits per heavy atom. The molecule has 0 radical (unpaired) electrons. The summed E-state index contributed by atoms with van der Waals surface area (Å²) in [6.07, 6.45) is 4.98. The van der Waals surface area contributed by atoms with Crippen molar-refractivity contribution in [2.24, 2.45) is 0 Å². The Morgan fingerprint density at radius 1 is 1.30 bits per heavy atom. The van der Waals surface area contributed by atoms with Gasteiger partial charge in [-0.1, -0.05) is 18.6 Å². The molecular weight excluding hydrogens is 257 g/mol. The Hall–Kier alpha value is -1.42.